The zero-order chi connectivity index (χ0) is 12.4. The van der Waals surface area contributed by atoms with Crippen LogP contribution in [0.3, 0.4) is 0 Å². The second-order valence-corrected chi connectivity index (χ2v) is 5.44. The van der Waals surface area contributed by atoms with Crippen molar-refractivity contribution in [2.45, 2.75) is 39.7 Å². The third-order valence-corrected chi connectivity index (χ3v) is 3.22. The van der Waals surface area contributed by atoms with E-state index in [0.29, 0.717) is 5.92 Å². The van der Waals surface area contributed by atoms with Crippen molar-refractivity contribution in [3.63, 3.8) is 0 Å². The van der Waals surface area contributed by atoms with Crippen LogP contribution in [-0.4, -0.2) is 18.9 Å². The molecule has 0 atom stereocenters. The van der Waals surface area contributed by atoms with E-state index in [9.17, 15) is 4.79 Å². The van der Waals surface area contributed by atoms with Gasteiger partial charge in [0, 0.05) is 23.8 Å². The molecule has 1 saturated carbocycles. The van der Waals surface area contributed by atoms with Gasteiger partial charge in [-0.15, -0.1) is 0 Å². The summed E-state index contributed by atoms with van der Waals surface area (Å²) in [5.41, 5.74) is 3.28. The summed E-state index contributed by atoms with van der Waals surface area (Å²) in [6.45, 7) is 7.71. The van der Waals surface area contributed by atoms with Crippen LogP contribution < -0.4 is 4.90 Å². The van der Waals surface area contributed by atoms with Crippen molar-refractivity contribution in [2.75, 3.05) is 11.4 Å². The molecule has 0 saturated heterocycles. The van der Waals surface area contributed by atoms with E-state index >= 15 is 0 Å². The van der Waals surface area contributed by atoms with Gasteiger partial charge in [0.05, 0.1) is 0 Å². The van der Waals surface area contributed by atoms with Crippen LogP contribution in [0.25, 0.3) is 0 Å². The van der Waals surface area contributed by atoms with E-state index in [1.165, 1.54) is 24.1 Å². The molecule has 17 heavy (non-hydrogen) atoms. The molecule has 0 aliphatic heterocycles. The molecule has 92 valence electrons. The van der Waals surface area contributed by atoms with Crippen molar-refractivity contribution < 1.29 is 4.79 Å². The van der Waals surface area contributed by atoms with E-state index < -0.39 is 0 Å². The molecule has 0 aromatic heterocycles. The van der Waals surface area contributed by atoms with Crippen molar-refractivity contribution in [3.8, 4) is 0 Å². The predicted octanol–water partition coefficient (Wildman–Crippen LogP) is 3.43. The van der Waals surface area contributed by atoms with Gasteiger partial charge in [0.1, 0.15) is 6.29 Å². The fourth-order valence-electron chi connectivity index (χ4n) is 2.30. The molecule has 0 spiro atoms. The first-order chi connectivity index (χ1) is 8.11. The van der Waals surface area contributed by atoms with Gasteiger partial charge in [0.15, 0.2) is 0 Å². The van der Waals surface area contributed by atoms with E-state index in [4.69, 9.17) is 0 Å². The minimum atomic E-state index is 0.667. The van der Waals surface area contributed by atoms with Crippen LogP contribution >= 0.6 is 0 Å². The van der Waals surface area contributed by atoms with Crippen LogP contribution in [0.15, 0.2) is 18.2 Å². The average Bonchev–Trinajstić information content (AvgIpc) is 3.09. The Morgan fingerprint density at radius 1 is 1.41 bits per heavy atom. The highest BCUT2D eigenvalue weighted by Gasteiger charge is 2.30. The quantitative estimate of drug-likeness (QED) is 0.724. The number of benzene rings is 1. The monoisotopic (exact) mass is 231 g/mol. The van der Waals surface area contributed by atoms with Crippen LogP contribution in [0, 0.1) is 12.8 Å². The summed E-state index contributed by atoms with van der Waals surface area (Å²) in [7, 11) is 0. The SMILES string of the molecule is Cc1cc(C=O)ccc1N(CC(C)C)C1CC1. The van der Waals surface area contributed by atoms with E-state index in [1.807, 2.05) is 12.1 Å². The van der Waals surface area contributed by atoms with E-state index in [2.05, 4.69) is 31.7 Å². The number of rotatable bonds is 5. The van der Waals surface area contributed by atoms with Crippen LogP contribution in [-0.2, 0) is 0 Å². The molecule has 1 aromatic rings. The van der Waals surface area contributed by atoms with Crippen LogP contribution in [0.5, 0.6) is 0 Å². The third-order valence-electron chi connectivity index (χ3n) is 3.22. The highest BCUT2D eigenvalue weighted by atomic mass is 16.1. The van der Waals surface area contributed by atoms with Gasteiger partial charge in [0.2, 0.25) is 0 Å². The minimum absolute atomic E-state index is 0.667. The maximum atomic E-state index is 10.8. The lowest BCUT2D eigenvalue weighted by molar-refractivity contribution is 0.112. The van der Waals surface area contributed by atoms with E-state index in [0.717, 1.165) is 24.4 Å². The third kappa shape index (κ3) is 2.87. The Bertz CT molecular complexity index is 407. The Balaban J connectivity index is 2.25. The summed E-state index contributed by atoms with van der Waals surface area (Å²) in [6, 6.07) is 6.72. The van der Waals surface area contributed by atoms with Gasteiger partial charge in [-0.25, -0.2) is 0 Å². The normalized spacial score (nSPS) is 15.1. The molecule has 0 radical (unpaired) electrons. The smallest absolute Gasteiger partial charge is 0.150 e. The molecule has 1 aliphatic rings. The molecule has 1 aromatic carbocycles. The fraction of sp³-hybridized carbons (Fsp3) is 0.533. The number of nitrogens with zero attached hydrogens (tertiary/aromatic N) is 1. The van der Waals surface area contributed by atoms with Crippen LogP contribution in [0.2, 0.25) is 0 Å². The summed E-state index contributed by atoms with van der Waals surface area (Å²) < 4.78 is 0. The first kappa shape index (κ1) is 12.2. The molecule has 0 bridgehead atoms. The summed E-state index contributed by atoms with van der Waals surface area (Å²) >= 11 is 0. The van der Waals surface area contributed by atoms with E-state index in [-0.39, 0.29) is 0 Å². The standard InChI is InChI=1S/C15H21NO/c1-11(2)9-16(14-5-6-14)15-7-4-13(10-17)8-12(15)3/h4,7-8,10-11,14H,5-6,9H2,1-3H3. The summed E-state index contributed by atoms with van der Waals surface area (Å²) in [5.74, 6) is 0.667. The summed E-state index contributed by atoms with van der Waals surface area (Å²) in [6.07, 6.45) is 3.53. The topological polar surface area (TPSA) is 20.3 Å². The fourth-order valence-corrected chi connectivity index (χ4v) is 2.30. The summed E-state index contributed by atoms with van der Waals surface area (Å²) in [4.78, 5) is 13.3. The molecule has 2 nitrogen and oxygen atoms in total. The number of anilines is 1. The van der Waals surface area contributed by atoms with Gasteiger partial charge < -0.3 is 4.90 Å². The lowest BCUT2D eigenvalue weighted by Crippen LogP contribution is -2.30. The predicted molar refractivity (Wildman–Crippen MR) is 71.8 cm³/mol. The highest BCUT2D eigenvalue weighted by Crippen LogP contribution is 2.34. The van der Waals surface area contributed by atoms with Gasteiger partial charge in [-0.1, -0.05) is 13.8 Å². The number of hydrogen-bond acceptors (Lipinski definition) is 2. The molecule has 2 rings (SSSR count). The molecule has 0 amide bonds. The largest absolute Gasteiger partial charge is 0.368 e. The van der Waals surface area contributed by atoms with Crippen LogP contribution in [0.1, 0.15) is 42.6 Å². The Labute approximate surface area is 104 Å². The number of carbonyl (C=O) groups excluding carboxylic acids is 1. The first-order valence-electron chi connectivity index (χ1n) is 6.44. The maximum absolute atomic E-state index is 10.8. The number of aryl methyl sites for hydroxylation is 1. The lowest BCUT2D eigenvalue weighted by Gasteiger charge is -2.28. The Hall–Kier alpha value is -1.31. The molecule has 2 heteroatoms. The summed E-state index contributed by atoms with van der Waals surface area (Å²) in [5, 5.41) is 0. The molecular weight excluding hydrogens is 210 g/mol. The molecule has 0 N–H and O–H groups in total. The first-order valence-corrected chi connectivity index (χ1v) is 6.44. The maximum Gasteiger partial charge on any atom is 0.150 e. The van der Waals surface area contributed by atoms with Crippen LogP contribution in [0.4, 0.5) is 5.69 Å². The lowest BCUT2D eigenvalue weighted by atomic mass is 10.1. The molecule has 0 heterocycles. The van der Waals surface area contributed by atoms with Crippen molar-refractivity contribution in [1.29, 1.82) is 0 Å². The molecular formula is C15H21NO. The zero-order valence-electron chi connectivity index (χ0n) is 10.9. The van der Waals surface area contributed by atoms with Crippen molar-refractivity contribution in [1.82, 2.24) is 0 Å². The number of aldehydes is 1. The van der Waals surface area contributed by atoms with Crippen molar-refractivity contribution in [3.05, 3.63) is 29.3 Å². The van der Waals surface area contributed by atoms with Gasteiger partial charge in [-0.3, -0.25) is 4.79 Å². The average molecular weight is 231 g/mol. The second kappa shape index (κ2) is 4.91. The highest BCUT2D eigenvalue weighted by molar-refractivity contribution is 5.77. The second-order valence-electron chi connectivity index (χ2n) is 5.44. The Morgan fingerprint density at radius 2 is 2.12 bits per heavy atom. The number of carbonyl (C=O) groups is 1. The minimum Gasteiger partial charge on any atom is -0.368 e. The van der Waals surface area contributed by atoms with Crippen molar-refractivity contribution >= 4 is 12.0 Å². The van der Waals surface area contributed by atoms with E-state index in [1.54, 1.807) is 0 Å². The Kier molecular flexibility index (Phi) is 3.51. The molecule has 1 aliphatic carbocycles. The van der Waals surface area contributed by atoms with Gasteiger partial charge in [-0.2, -0.15) is 0 Å². The molecule has 1 fully saturated rings. The van der Waals surface area contributed by atoms with Crippen molar-refractivity contribution in [2.24, 2.45) is 5.92 Å². The van der Waals surface area contributed by atoms with Gasteiger partial charge in [0.25, 0.3) is 0 Å². The van der Waals surface area contributed by atoms with Gasteiger partial charge >= 0.3 is 0 Å². The number of hydrogen-bond donors (Lipinski definition) is 0. The molecule has 0 unspecified atom stereocenters. The van der Waals surface area contributed by atoms with Gasteiger partial charge in [-0.05, 0) is 49.4 Å². The Morgan fingerprint density at radius 3 is 2.59 bits per heavy atom. The zero-order valence-corrected chi connectivity index (χ0v) is 10.9.